The van der Waals surface area contributed by atoms with Crippen molar-refractivity contribution in [1.82, 2.24) is 5.32 Å². The van der Waals surface area contributed by atoms with Gasteiger partial charge in [-0.25, -0.2) is 4.79 Å². The molecule has 0 spiro atoms. The quantitative estimate of drug-likeness (QED) is 0.831. The van der Waals surface area contributed by atoms with Gasteiger partial charge in [0.05, 0.1) is 13.2 Å². The van der Waals surface area contributed by atoms with Crippen molar-refractivity contribution in [2.75, 3.05) is 13.2 Å². The Kier molecular flexibility index (Phi) is 4.92. The van der Waals surface area contributed by atoms with Gasteiger partial charge in [-0.05, 0) is 31.0 Å². The van der Waals surface area contributed by atoms with Crippen LogP contribution in [0.5, 0.6) is 11.5 Å². The van der Waals surface area contributed by atoms with Gasteiger partial charge in [-0.15, -0.1) is 0 Å². The van der Waals surface area contributed by atoms with Crippen molar-refractivity contribution in [2.45, 2.75) is 50.5 Å². The van der Waals surface area contributed by atoms with Crippen molar-refractivity contribution in [3.63, 3.8) is 0 Å². The smallest absolute Gasteiger partial charge is 0.329 e. The van der Waals surface area contributed by atoms with Crippen molar-refractivity contribution in [3.05, 3.63) is 23.8 Å². The number of ether oxygens (including phenoxy) is 2. The van der Waals surface area contributed by atoms with E-state index < -0.39 is 11.5 Å². The van der Waals surface area contributed by atoms with E-state index in [1.54, 1.807) is 18.2 Å². The van der Waals surface area contributed by atoms with Gasteiger partial charge >= 0.3 is 5.97 Å². The van der Waals surface area contributed by atoms with Crippen molar-refractivity contribution in [2.24, 2.45) is 0 Å². The van der Waals surface area contributed by atoms with Crippen LogP contribution in [0.3, 0.4) is 0 Å². The zero-order chi connectivity index (χ0) is 17.0. The second-order valence-corrected chi connectivity index (χ2v) is 6.47. The number of amides is 1. The molecule has 1 heterocycles. The van der Waals surface area contributed by atoms with E-state index in [1.165, 1.54) is 0 Å². The molecule has 6 nitrogen and oxygen atoms in total. The van der Waals surface area contributed by atoms with Gasteiger partial charge in [-0.3, -0.25) is 4.79 Å². The van der Waals surface area contributed by atoms with Crippen LogP contribution >= 0.6 is 0 Å². The predicted octanol–water partition coefficient (Wildman–Crippen LogP) is 2.76. The Balaban J connectivity index is 1.80. The van der Waals surface area contributed by atoms with E-state index >= 15 is 0 Å². The van der Waals surface area contributed by atoms with E-state index in [-0.39, 0.29) is 5.91 Å². The normalized spacial score (nSPS) is 19.7. The number of hydrogen-bond acceptors (Lipinski definition) is 4. The van der Waals surface area contributed by atoms with Crippen LogP contribution in [0, 0.1) is 0 Å². The molecule has 24 heavy (non-hydrogen) atoms. The average Bonchev–Trinajstić information content (AvgIpc) is 2.95. The van der Waals surface area contributed by atoms with Gasteiger partial charge in [0, 0.05) is 12.0 Å². The molecule has 1 fully saturated rings. The molecule has 3 rings (SSSR count). The number of carboxylic acids is 1. The van der Waals surface area contributed by atoms with Crippen LogP contribution in [0.1, 0.15) is 55.3 Å². The Bertz CT molecular complexity index is 620. The van der Waals surface area contributed by atoms with Crippen molar-refractivity contribution in [3.8, 4) is 11.5 Å². The van der Waals surface area contributed by atoms with Crippen LogP contribution in [-0.4, -0.2) is 35.7 Å². The van der Waals surface area contributed by atoms with Gasteiger partial charge in [0.25, 0.3) is 5.91 Å². The van der Waals surface area contributed by atoms with E-state index in [1.807, 2.05) is 0 Å². The predicted molar refractivity (Wildman–Crippen MR) is 87.6 cm³/mol. The lowest BCUT2D eigenvalue weighted by Crippen LogP contribution is -2.54. The Morgan fingerprint density at radius 2 is 1.62 bits per heavy atom. The lowest BCUT2D eigenvalue weighted by Gasteiger charge is -2.29. The number of rotatable bonds is 3. The van der Waals surface area contributed by atoms with Gasteiger partial charge in [0.15, 0.2) is 11.5 Å². The highest BCUT2D eigenvalue weighted by molar-refractivity contribution is 5.98. The largest absolute Gasteiger partial charge is 0.490 e. The van der Waals surface area contributed by atoms with E-state index in [0.717, 1.165) is 32.1 Å². The maximum absolute atomic E-state index is 12.6. The molecule has 0 bridgehead atoms. The van der Waals surface area contributed by atoms with Gasteiger partial charge in [-0.1, -0.05) is 25.7 Å². The summed E-state index contributed by atoms with van der Waals surface area (Å²) < 4.78 is 11.2. The number of aliphatic carboxylic acids is 1. The fraction of sp³-hybridized carbons (Fsp3) is 0.556. The van der Waals surface area contributed by atoms with E-state index in [0.29, 0.717) is 43.1 Å². The third-order valence-electron chi connectivity index (χ3n) is 4.73. The van der Waals surface area contributed by atoms with Crippen molar-refractivity contribution < 1.29 is 24.2 Å². The molecule has 1 aliphatic carbocycles. The van der Waals surface area contributed by atoms with E-state index in [2.05, 4.69) is 5.32 Å². The maximum Gasteiger partial charge on any atom is 0.329 e. The Hall–Kier alpha value is -2.24. The maximum atomic E-state index is 12.6. The summed E-state index contributed by atoms with van der Waals surface area (Å²) in [6, 6.07) is 4.98. The second kappa shape index (κ2) is 7.11. The van der Waals surface area contributed by atoms with Gasteiger partial charge in [0.1, 0.15) is 5.54 Å². The highest BCUT2D eigenvalue weighted by Gasteiger charge is 2.40. The summed E-state index contributed by atoms with van der Waals surface area (Å²) >= 11 is 0. The van der Waals surface area contributed by atoms with Crippen LogP contribution in [0.15, 0.2) is 18.2 Å². The topological polar surface area (TPSA) is 84.9 Å². The molecular formula is C18H23NO5. The van der Waals surface area contributed by atoms with Gasteiger partial charge in [-0.2, -0.15) is 0 Å². The number of carbonyl (C=O) groups is 2. The number of nitrogens with one attached hydrogen (secondary N) is 1. The third kappa shape index (κ3) is 3.47. The van der Waals surface area contributed by atoms with Crippen LogP contribution < -0.4 is 14.8 Å². The molecule has 2 N–H and O–H groups in total. The lowest BCUT2D eigenvalue weighted by atomic mass is 9.90. The Morgan fingerprint density at radius 1 is 0.958 bits per heavy atom. The summed E-state index contributed by atoms with van der Waals surface area (Å²) in [6.07, 6.45) is 5.38. The third-order valence-corrected chi connectivity index (χ3v) is 4.73. The molecular weight excluding hydrogens is 310 g/mol. The molecule has 1 aliphatic heterocycles. The molecule has 1 aromatic carbocycles. The number of carbonyl (C=O) groups excluding carboxylic acids is 1. The lowest BCUT2D eigenvalue weighted by molar-refractivity contribution is -0.145. The molecule has 130 valence electrons. The number of hydrogen-bond donors (Lipinski definition) is 2. The first-order valence-corrected chi connectivity index (χ1v) is 8.56. The Morgan fingerprint density at radius 3 is 2.29 bits per heavy atom. The average molecular weight is 333 g/mol. The van der Waals surface area contributed by atoms with E-state index in [4.69, 9.17) is 9.47 Å². The molecule has 1 saturated carbocycles. The summed E-state index contributed by atoms with van der Waals surface area (Å²) in [6.45, 7) is 1.12. The molecule has 1 amide bonds. The van der Waals surface area contributed by atoms with Crippen molar-refractivity contribution >= 4 is 11.9 Å². The van der Waals surface area contributed by atoms with Crippen LogP contribution in [0.2, 0.25) is 0 Å². The van der Waals surface area contributed by atoms with Crippen molar-refractivity contribution in [1.29, 1.82) is 0 Å². The van der Waals surface area contributed by atoms with Gasteiger partial charge < -0.3 is 19.9 Å². The zero-order valence-corrected chi connectivity index (χ0v) is 13.7. The SMILES string of the molecule is O=C(NC1(C(=O)O)CCCCCC1)c1ccc2c(c1)OCCCO2. The molecule has 0 unspecified atom stereocenters. The summed E-state index contributed by atoms with van der Waals surface area (Å²) in [4.78, 5) is 24.5. The molecule has 0 radical (unpaired) electrons. The number of carboxylic acid groups (broad SMARTS) is 1. The summed E-state index contributed by atoms with van der Waals surface area (Å²) in [7, 11) is 0. The standard InChI is InChI=1S/C18H23NO5/c20-16(19-18(17(21)22)8-3-1-2-4-9-18)13-6-7-14-15(12-13)24-11-5-10-23-14/h6-7,12H,1-5,8-11H2,(H,19,20)(H,21,22). The van der Waals surface area contributed by atoms with E-state index in [9.17, 15) is 14.7 Å². The molecule has 0 atom stereocenters. The highest BCUT2D eigenvalue weighted by Crippen LogP contribution is 2.32. The minimum atomic E-state index is -1.17. The zero-order valence-electron chi connectivity index (χ0n) is 13.7. The first-order valence-electron chi connectivity index (χ1n) is 8.56. The minimum absolute atomic E-state index is 0.380. The Labute approximate surface area is 141 Å². The first kappa shape index (κ1) is 16.6. The second-order valence-electron chi connectivity index (χ2n) is 6.47. The first-order chi connectivity index (χ1) is 11.6. The minimum Gasteiger partial charge on any atom is -0.490 e. The van der Waals surface area contributed by atoms with Crippen LogP contribution in [-0.2, 0) is 4.79 Å². The summed E-state index contributed by atoms with van der Waals surface area (Å²) in [5.74, 6) is -0.182. The molecule has 0 saturated heterocycles. The van der Waals surface area contributed by atoms with Gasteiger partial charge in [0.2, 0.25) is 0 Å². The molecule has 1 aromatic rings. The fourth-order valence-corrected chi connectivity index (χ4v) is 3.32. The highest BCUT2D eigenvalue weighted by atomic mass is 16.5. The monoisotopic (exact) mass is 333 g/mol. The fourth-order valence-electron chi connectivity index (χ4n) is 3.32. The molecule has 2 aliphatic rings. The molecule has 0 aromatic heterocycles. The molecule has 6 heteroatoms. The number of fused-ring (bicyclic) bond motifs is 1. The summed E-state index contributed by atoms with van der Waals surface area (Å²) in [5.41, 5.74) is -0.776. The van der Waals surface area contributed by atoms with Crippen LogP contribution in [0.4, 0.5) is 0 Å². The summed E-state index contributed by atoms with van der Waals surface area (Å²) in [5, 5.41) is 12.5. The van der Waals surface area contributed by atoms with Crippen LogP contribution in [0.25, 0.3) is 0 Å². The number of benzene rings is 1.